The quantitative estimate of drug-likeness (QED) is 0.780. The van der Waals surface area contributed by atoms with Crippen LogP contribution in [0.3, 0.4) is 0 Å². The summed E-state index contributed by atoms with van der Waals surface area (Å²) in [6, 6.07) is 0.247. The minimum Gasteiger partial charge on any atom is -0.312 e. The Morgan fingerprint density at radius 1 is 1.33 bits per heavy atom. The number of hydrogen-bond donors (Lipinski definition) is 1. The fourth-order valence-corrected chi connectivity index (χ4v) is 5.05. The van der Waals surface area contributed by atoms with Crippen molar-refractivity contribution < 1.29 is 8.42 Å². The van der Waals surface area contributed by atoms with Gasteiger partial charge in [-0.3, -0.25) is 0 Å². The molecular formula is C11H21NO2S. The van der Waals surface area contributed by atoms with Gasteiger partial charge in [0.05, 0.1) is 11.0 Å². The van der Waals surface area contributed by atoms with Crippen molar-refractivity contribution in [2.24, 2.45) is 5.92 Å². The molecule has 2 aliphatic rings. The van der Waals surface area contributed by atoms with Crippen molar-refractivity contribution in [3.63, 3.8) is 0 Å². The first kappa shape index (κ1) is 11.4. The monoisotopic (exact) mass is 231 g/mol. The molecule has 3 atom stereocenters. The van der Waals surface area contributed by atoms with E-state index in [0.29, 0.717) is 18.2 Å². The first-order chi connectivity index (χ1) is 7.13. The number of sulfone groups is 1. The molecule has 1 heterocycles. The maximum Gasteiger partial charge on any atom is 0.155 e. The van der Waals surface area contributed by atoms with Crippen molar-refractivity contribution >= 4 is 9.84 Å². The van der Waals surface area contributed by atoms with Gasteiger partial charge in [0.15, 0.2) is 9.84 Å². The molecule has 0 aromatic heterocycles. The molecule has 0 radical (unpaired) electrons. The molecular weight excluding hydrogens is 210 g/mol. The van der Waals surface area contributed by atoms with Gasteiger partial charge in [-0.25, -0.2) is 8.42 Å². The summed E-state index contributed by atoms with van der Waals surface area (Å²) in [6.45, 7) is 2.83. The zero-order valence-electron chi connectivity index (χ0n) is 9.41. The Morgan fingerprint density at radius 2 is 2.13 bits per heavy atom. The Labute approximate surface area is 92.6 Å². The molecule has 3 unspecified atom stereocenters. The maximum atomic E-state index is 11.9. The molecule has 0 amide bonds. The van der Waals surface area contributed by atoms with Crippen LogP contribution >= 0.6 is 0 Å². The number of fused-ring (bicyclic) bond motifs is 1. The van der Waals surface area contributed by atoms with Gasteiger partial charge in [0.25, 0.3) is 0 Å². The third-order valence-electron chi connectivity index (χ3n) is 3.85. The predicted molar refractivity (Wildman–Crippen MR) is 61.6 cm³/mol. The Hall–Kier alpha value is -0.0900. The van der Waals surface area contributed by atoms with E-state index in [2.05, 4.69) is 12.2 Å². The van der Waals surface area contributed by atoms with Gasteiger partial charge in [-0.1, -0.05) is 19.8 Å². The van der Waals surface area contributed by atoms with Crippen LogP contribution in [0.4, 0.5) is 0 Å². The van der Waals surface area contributed by atoms with Crippen molar-refractivity contribution in [3.05, 3.63) is 0 Å². The Balaban J connectivity index is 2.07. The Bertz CT molecular complexity index is 313. The highest BCUT2D eigenvalue weighted by Gasteiger charge is 2.40. The normalized spacial score (nSPS) is 39.7. The van der Waals surface area contributed by atoms with E-state index in [-0.39, 0.29) is 11.3 Å². The zero-order chi connectivity index (χ0) is 10.9. The molecule has 1 aliphatic carbocycles. The summed E-state index contributed by atoms with van der Waals surface area (Å²) in [5, 5.41) is 3.27. The maximum absolute atomic E-state index is 11.9. The molecule has 2 fully saturated rings. The van der Waals surface area contributed by atoms with Crippen molar-refractivity contribution in [3.8, 4) is 0 Å². The second-order valence-electron chi connectivity index (χ2n) is 4.93. The smallest absolute Gasteiger partial charge is 0.155 e. The molecule has 1 aliphatic heterocycles. The van der Waals surface area contributed by atoms with E-state index < -0.39 is 9.84 Å². The molecule has 4 heteroatoms. The van der Waals surface area contributed by atoms with Gasteiger partial charge in [0, 0.05) is 12.6 Å². The van der Waals surface area contributed by atoms with E-state index in [0.717, 1.165) is 12.8 Å². The van der Waals surface area contributed by atoms with Crippen LogP contribution in [-0.2, 0) is 9.84 Å². The van der Waals surface area contributed by atoms with Gasteiger partial charge in [-0.15, -0.1) is 0 Å². The van der Waals surface area contributed by atoms with Crippen LogP contribution in [0.2, 0.25) is 0 Å². The van der Waals surface area contributed by atoms with Gasteiger partial charge in [0.2, 0.25) is 0 Å². The Morgan fingerprint density at radius 3 is 2.87 bits per heavy atom. The summed E-state index contributed by atoms with van der Waals surface area (Å²) in [7, 11) is -2.80. The second kappa shape index (κ2) is 4.42. The van der Waals surface area contributed by atoms with E-state index >= 15 is 0 Å². The van der Waals surface area contributed by atoms with E-state index in [4.69, 9.17) is 0 Å². The second-order valence-corrected chi connectivity index (χ2v) is 7.27. The molecule has 0 bridgehead atoms. The molecule has 88 valence electrons. The van der Waals surface area contributed by atoms with Crippen LogP contribution in [-0.4, -0.2) is 32.0 Å². The van der Waals surface area contributed by atoms with Crippen molar-refractivity contribution in [2.75, 3.05) is 12.3 Å². The summed E-state index contributed by atoms with van der Waals surface area (Å²) in [4.78, 5) is 0. The van der Waals surface area contributed by atoms with Gasteiger partial charge in [0.1, 0.15) is 0 Å². The Kier molecular flexibility index (Phi) is 3.36. The third kappa shape index (κ3) is 2.36. The van der Waals surface area contributed by atoms with Crippen LogP contribution in [0.15, 0.2) is 0 Å². The van der Waals surface area contributed by atoms with Crippen molar-refractivity contribution in [1.82, 2.24) is 5.32 Å². The van der Waals surface area contributed by atoms with Gasteiger partial charge < -0.3 is 5.32 Å². The topological polar surface area (TPSA) is 46.2 Å². The zero-order valence-corrected chi connectivity index (χ0v) is 10.2. The number of nitrogens with one attached hydrogen (secondary N) is 1. The molecule has 15 heavy (non-hydrogen) atoms. The highest BCUT2D eigenvalue weighted by molar-refractivity contribution is 7.92. The molecule has 1 saturated heterocycles. The van der Waals surface area contributed by atoms with Crippen LogP contribution in [0.1, 0.15) is 39.0 Å². The highest BCUT2D eigenvalue weighted by atomic mass is 32.2. The first-order valence-electron chi connectivity index (χ1n) is 6.08. The first-order valence-corrected chi connectivity index (χ1v) is 7.80. The molecule has 0 aromatic carbocycles. The fourth-order valence-electron chi connectivity index (χ4n) is 3.05. The van der Waals surface area contributed by atoms with Crippen LogP contribution in [0.5, 0.6) is 0 Å². The molecule has 3 nitrogen and oxygen atoms in total. The van der Waals surface area contributed by atoms with Gasteiger partial charge in [-0.05, 0) is 25.2 Å². The SMILES string of the molecule is CCCC1CCC2NCCS(=O)(=O)C2C1. The van der Waals surface area contributed by atoms with Crippen molar-refractivity contribution in [1.29, 1.82) is 0 Å². The predicted octanol–water partition coefficient (Wildman–Crippen LogP) is 1.34. The average Bonchev–Trinajstić information content (AvgIpc) is 2.19. The van der Waals surface area contributed by atoms with E-state index in [1.165, 1.54) is 19.3 Å². The summed E-state index contributed by atoms with van der Waals surface area (Å²) in [5.41, 5.74) is 0. The fraction of sp³-hybridized carbons (Fsp3) is 1.00. The highest BCUT2D eigenvalue weighted by Crippen LogP contribution is 2.33. The molecule has 1 N–H and O–H groups in total. The summed E-state index contributed by atoms with van der Waals surface area (Å²) >= 11 is 0. The summed E-state index contributed by atoms with van der Waals surface area (Å²) in [5.74, 6) is 0.985. The average molecular weight is 231 g/mol. The van der Waals surface area contributed by atoms with Crippen LogP contribution < -0.4 is 5.32 Å². The minimum absolute atomic E-state index is 0.0865. The van der Waals surface area contributed by atoms with E-state index in [1.807, 2.05) is 0 Å². The van der Waals surface area contributed by atoms with Crippen molar-refractivity contribution in [2.45, 2.75) is 50.3 Å². The van der Waals surface area contributed by atoms with Gasteiger partial charge >= 0.3 is 0 Å². The summed E-state index contributed by atoms with van der Waals surface area (Å²) < 4.78 is 23.9. The largest absolute Gasteiger partial charge is 0.312 e. The molecule has 0 aromatic rings. The minimum atomic E-state index is -2.80. The van der Waals surface area contributed by atoms with E-state index in [9.17, 15) is 8.42 Å². The molecule has 1 saturated carbocycles. The third-order valence-corrected chi connectivity index (χ3v) is 6.07. The lowest BCUT2D eigenvalue weighted by molar-refractivity contribution is 0.275. The van der Waals surface area contributed by atoms with Crippen LogP contribution in [0, 0.1) is 5.92 Å². The lowest BCUT2D eigenvalue weighted by Crippen LogP contribution is -2.54. The van der Waals surface area contributed by atoms with E-state index in [1.54, 1.807) is 0 Å². The standard InChI is InChI=1S/C11H21NO2S/c1-2-3-9-4-5-10-11(8-9)15(13,14)7-6-12-10/h9-12H,2-8H2,1H3. The van der Waals surface area contributed by atoms with Gasteiger partial charge in [-0.2, -0.15) is 0 Å². The number of hydrogen-bond acceptors (Lipinski definition) is 3. The lowest BCUT2D eigenvalue weighted by Gasteiger charge is -2.39. The van der Waals surface area contributed by atoms with Crippen LogP contribution in [0.25, 0.3) is 0 Å². The molecule has 0 spiro atoms. The number of rotatable bonds is 2. The molecule has 2 rings (SSSR count). The lowest BCUT2D eigenvalue weighted by atomic mass is 9.83. The summed E-state index contributed by atoms with van der Waals surface area (Å²) in [6.07, 6.45) is 5.52.